The SMILES string of the molecule is COc1ccc(OC)c(-c2ccc(C(=O)NS(=O)(=O)c3cccc(C)n3)c(Oc3c(C)cc(C)cc3C)n2)c1. The van der Waals surface area contributed by atoms with Crippen molar-refractivity contribution in [3.63, 3.8) is 0 Å². The third-order valence-electron chi connectivity index (χ3n) is 5.96. The molecule has 0 saturated heterocycles. The zero-order chi connectivity index (χ0) is 28.3. The Hall–Kier alpha value is -4.44. The number of carbonyl (C=O) groups is 1. The summed E-state index contributed by atoms with van der Waals surface area (Å²) in [4.78, 5) is 22.0. The van der Waals surface area contributed by atoms with Gasteiger partial charge in [0, 0.05) is 11.3 Å². The first kappa shape index (κ1) is 27.6. The van der Waals surface area contributed by atoms with E-state index < -0.39 is 15.9 Å². The number of rotatable bonds is 8. The van der Waals surface area contributed by atoms with Gasteiger partial charge in [-0.2, -0.15) is 8.42 Å². The number of methoxy groups -OCH3 is 2. The number of hydrogen-bond acceptors (Lipinski definition) is 8. The standard InChI is InChI=1S/C29H29N3O6S/c1-17-14-18(2)27(19(3)15-17)38-29-22(28(33)32-39(34,35)26-9-7-8-20(4)30-26)11-12-24(31-29)23-16-21(36-5)10-13-25(23)37-6/h7-16H,1-6H3,(H,32,33). The Kier molecular flexibility index (Phi) is 7.87. The van der Waals surface area contributed by atoms with Crippen molar-refractivity contribution in [3.8, 4) is 34.4 Å². The molecule has 0 unspecified atom stereocenters. The van der Waals surface area contributed by atoms with Crippen molar-refractivity contribution in [3.05, 3.63) is 88.6 Å². The molecule has 0 bridgehead atoms. The molecule has 9 nitrogen and oxygen atoms in total. The van der Waals surface area contributed by atoms with E-state index in [2.05, 4.69) is 14.7 Å². The lowest BCUT2D eigenvalue weighted by Gasteiger charge is -2.17. The molecule has 1 amide bonds. The summed E-state index contributed by atoms with van der Waals surface area (Å²) in [5.74, 6) is 0.644. The van der Waals surface area contributed by atoms with E-state index in [1.165, 1.54) is 19.2 Å². The van der Waals surface area contributed by atoms with Gasteiger partial charge in [-0.05, 0) is 81.3 Å². The van der Waals surface area contributed by atoms with Crippen molar-refractivity contribution in [1.82, 2.24) is 14.7 Å². The minimum atomic E-state index is -4.25. The first-order valence-corrected chi connectivity index (χ1v) is 13.5. The summed E-state index contributed by atoms with van der Waals surface area (Å²) < 4.78 is 45.1. The smallest absolute Gasteiger partial charge is 0.281 e. The van der Waals surface area contributed by atoms with Crippen LogP contribution in [-0.4, -0.2) is 38.5 Å². The van der Waals surface area contributed by atoms with Gasteiger partial charge in [-0.3, -0.25) is 4.79 Å². The number of pyridine rings is 2. The van der Waals surface area contributed by atoms with Crippen molar-refractivity contribution >= 4 is 15.9 Å². The summed E-state index contributed by atoms with van der Waals surface area (Å²) in [6.45, 7) is 7.41. The molecule has 0 radical (unpaired) electrons. The molecule has 202 valence electrons. The summed E-state index contributed by atoms with van der Waals surface area (Å²) in [6, 6.07) is 16.7. The van der Waals surface area contributed by atoms with Crippen LogP contribution in [0, 0.1) is 27.7 Å². The summed E-state index contributed by atoms with van der Waals surface area (Å²) in [5, 5.41) is -0.269. The van der Waals surface area contributed by atoms with Gasteiger partial charge in [0.25, 0.3) is 15.9 Å². The second kappa shape index (κ2) is 11.1. The van der Waals surface area contributed by atoms with Crippen molar-refractivity contribution in [1.29, 1.82) is 0 Å². The quantitative estimate of drug-likeness (QED) is 0.316. The molecule has 2 aromatic heterocycles. The highest BCUT2D eigenvalue weighted by atomic mass is 32.2. The average Bonchev–Trinajstić information content (AvgIpc) is 2.90. The Labute approximate surface area is 227 Å². The molecule has 2 aromatic carbocycles. The van der Waals surface area contributed by atoms with Gasteiger partial charge in [-0.1, -0.05) is 23.8 Å². The molecule has 0 aliphatic carbocycles. The number of hydrogen-bond donors (Lipinski definition) is 1. The zero-order valence-electron chi connectivity index (χ0n) is 22.5. The van der Waals surface area contributed by atoms with Crippen LogP contribution in [0.5, 0.6) is 23.1 Å². The fourth-order valence-corrected chi connectivity index (χ4v) is 5.16. The highest BCUT2D eigenvalue weighted by Crippen LogP contribution is 2.36. The Morgan fingerprint density at radius 1 is 0.846 bits per heavy atom. The third-order valence-corrected chi connectivity index (χ3v) is 7.19. The normalized spacial score (nSPS) is 11.1. The third kappa shape index (κ3) is 6.01. The van der Waals surface area contributed by atoms with Gasteiger partial charge < -0.3 is 14.2 Å². The van der Waals surface area contributed by atoms with Crippen molar-refractivity contribution in [2.75, 3.05) is 14.2 Å². The molecule has 0 atom stereocenters. The number of nitrogens with one attached hydrogen (secondary N) is 1. The second-order valence-electron chi connectivity index (χ2n) is 9.00. The van der Waals surface area contributed by atoms with E-state index in [1.54, 1.807) is 50.4 Å². The summed E-state index contributed by atoms with van der Waals surface area (Å²) >= 11 is 0. The van der Waals surface area contributed by atoms with Gasteiger partial charge in [0.05, 0.1) is 19.9 Å². The number of nitrogens with zero attached hydrogens (tertiary/aromatic N) is 2. The number of benzene rings is 2. The molecule has 0 fully saturated rings. The zero-order valence-corrected chi connectivity index (χ0v) is 23.3. The fraction of sp³-hybridized carbons (Fsp3) is 0.207. The number of sulfonamides is 1. The first-order valence-electron chi connectivity index (χ1n) is 12.0. The summed E-state index contributed by atoms with van der Waals surface area (Å²) in [5.41, 5.74) is 4.18. The molecule has 10 heteroatoms. The summed E-state index contributed by atoms with van der Waals surface area (Å²) in [6.07, 6.45) is 0. The Morgan fingerprint density at radius 3 is 2.21 bits per heavy atom. The Bertz CT molecular complexity index is 1640. The number of aryl methyl sites for hydroxylation is 4. The number of carbonyl (C=O) groups excluding carboxylic acids is 1. The number of aromatic nitrogens is 2. The second-order valence-corrected chi connectivity index (χ2v) is 10.6. The predicted molar refractivity (Wildman–Crippen MR) is 147 cm³/mol. The predicted octanol–water partition coefficient (Wildman–Crippen LogP) is 5.31. The van der Waals surface area contributed by atoms with Gasteiger partial charge in [0.2, 0.25) is 5.88 Å². The van der Waals surface area contributed by atoms with E-state index in [0.717, 1.165) is 16.7 Å². The molecular formula is C29H29N3O6S. The van der Waals surface area contributed by atoms with E-state index in [1.807, 2.05) is 32.9 Å². The van der Waals surface area contributed by atoms with E-state index in [0.29, 0.717) is 34.2 Å². The molecule has 0 aliphatic rings. The highest BCUT2D eigenvalue weighted by molar-refractivity contribution is 7.90. The first-order chi connectivity index (χ1) is 18.5. The maximum Gasteiger partial charge on any atom is 0.281 e. The maximum atomic E-state index is 13.3. The Morgan fingerprint density at radius 2 is 1.56 bits per heavy atom. The van der Waals surface area contributed by atoms with Crippen molar-refractivity contribution < 1.29 is 27.4 Å². The van der Waals surface area contributed by atoms with Gasteiger partial charge in [-0.15, -0.1) is 0 Å². The Balaban J connectivity index is 1.83. The molecule has 4 rings (SSSR count). The van der Waals surface area contributed by atoms with Crippen LogP contribution in [0.1, 0.15) is 32.7 Å². The minimum absolute atomic E-state index is 0.0719. The largest absolute Gasteiger partial charge is 0.497 e. The monoisotopic (exact) mass is 547 g/mol. The number of ether oxygens (including phenoxy) is 3. The van der Waals surface area contributed by atoms with Crippen LogP contribution in [0.25, 0.3) is 11.3 Å². The van der Waals surface area contributed by atoms with Crippen LogP contribution in [0.2, 0.25) is 0 Å². The van der Waals surface area contributed by atoms with Crippen LogP contribution in [0.4, 0.5) is 0 Å². The lowest BCUT2D eigenvalue weighted by atomic mass is 10.1. The molecule has 2 heterocycles. The van der Waals surface area contributed by atoms with Crippen molar-refractivity contribution in [2.24, 2.45) is 0 Å². The van der Waals surface area contributed by atoms with E-state index >= 15 is 0 Å². The van der Waals surface area contributed by atoms with Crippen LogP contribution in [-0.2, 0) is 10.0 Å². The summed E-state index contributed by atoms with van der Waals surface area (Å²) in [7, 11) is -1.17. The van der Waals surface area contributed by atoms with E-state index in [-0.39, 0.29) is 16.5 Å². The van der Waals surface area contributed by atoms with Crippen LogP contribution < -0.4 is 18.9 Å². The molecular weight excluding hydrogens is 518 g/mol. The van der Waals surface area contributed by atoms with Gasteiger partial charge in [0.15, 0.2) is 5.03 Å². The minimum Gasteiger partial charge on any atom is -0.497 e. The molecule has 0 spiro atoms. The van der Waals surface area contributed by atoms with Crippen LogP contribution in [0.15, 0.2) is 65.7 Å². The lowest BCUT2D eigenvalue weighted by molar-refractivity contribution is 0.0978. The van der Waals surface area contributed by atoms with Gasteiger partial charge >= 0.3 is 0 Å². The van der Waals surface area contributed by atoms with Crippen LogP contribution >= 0.6 is 0 Å². The average molecular weight is 548 g/mol. The van der Waals surface area contributed by atoms with Gasteiger partial charge in [0.1, 0.15) is 22.8 Å². The molecule has 0 saturated carbocycles. The molecule has 1 N–H and O–H groups in total. The lowest BCUT2D eigenvalue weighted by Crippen LogP contribution is -2.31. The highest BCUT2D eigenvalue weighted by Gasteiger charge is 2.25. The molecule has 4 aromatic rings. The van der Waals surface area contributed by atoms with E-state index in [9.17, 15) is 13.2 Å². The van der Waals surface area contributed by atoms with E-state index in [4.69, 9.17) is 14.2 Å². The topological polar surface area (TPSA) is 117 Å². The maximum absolute atomic E-state index is 13.3. The molecule has 0 aliphatic heterocycles. The van der Waals surface area contributed by atoms with Crippen LogP contribution in [0.3, 0.4) is 0 Å². The van der Waals surface area contributed by atoms with Crippen molar-refractivity contribution in [2.45, 2.75) is 32.7 Å². The molecule has 39 heavy (non-hydrogen) atoms. The van der Waals surface area contributed by atoms with Gasteiger partial charge in [-0.25, -0.2) is 14.7 Å². The number of amides is 1. The fourth-order valence-electron chi connectivity index (χ4n) is 4.18.